The minimum atomic E-state index is 0.250. The summed E-state index contributed by atoms with van der Waals surface area (Å²) in [5.41, 5.74) is 1.25. The fraction of sp³-hybridized carbons (Fsp3) is 0.611. The second kappa shape index (κ2) is 6.50. The summed E-state index contributed by atoms with van der Waals surface area (Å²) in [6, 6.07) is 8.22. The zero-order valence-corrected chi connectivity index (χ0v) is 12.9. The van der Waals surface area contributed by atoms with Crippen LogP contribution >= 0.6 is 0 Å². The second-order valence-corrected chi connectivity index (χ2v) is 6.44. The molecular weight excluding hydrogens is 262 g/mol. The molecule has 114 valence electrons. The van der Waals surface area contributed by atoms with Gasteiger partial charge in [0, 0.05) is 31.8 Å². The second-order valence-electron chi connectivity index (χ2n) is 6.44. The maximum Gasteiger partial charge on any atom is 0.225 e. The van der Waals surface area contributed by atoms with Crippen molar-refractivity contribution in [3.05, 3.63) is 29.8 Å². The van der Waals surface area contributed by atoms with Crippen molar-refractivity contribution < 1.29 is 9.53 Å². The number of likely N-dealkylation sites (tertiary alicyclic amines) is 1. The number of benzene rings is 1. The summed E-state index contributed by atoms with van der Waals surface area (Å²) in [6.07, 6.45) is 6.79. The number of hydrogen-bond donors (Lipinski definition) is 0. The van der Waals surface area contributed by atoms with E-state index in [4.69, 9.17) is 4.74 Å². The lowest BCUT2D eigenvalue weighted by atomic mass is 10.0. The highest BCUT2D eigenvalue weighted by atomic mass is 16.5. The zero-order chi connectivity index (χ0) is 14.7. The van der Waals surface area contributed by atoms with E-state index in [1.165, 1.54) is 18.4 Å². The predicted molar refractivity (Wildman–Crippen MR) is 83.4 cm³/mol. The summed E-state index contributed by atoms with van der Waals surface area (Å²) in [6.45, 7) is 3.79. The Bertz CT molecular complexity index is 468. The molecule has 1 heterocycles. The number of amides is 1. The topological polar surface area (TPSA) is 29.5 Å². The van der Waals surface area contributed by atoms with Crippen LogP contribution in [0.5, 0.6) is 5.75 Å². The van der Waals surface area contributed by atoms with Gasteiger partial charge in [0.15, 0.2) is 0 Å². The highest BCUT2D eigenvalue weighted by Gasteiger charge is 2.30. The largest absolute Gasteiger partial charge is 0.490 e. The lowest BCUT2D eigenvalue weighted by Crippen LogP contribution is -2.43. The smallest absolute Gasteiger partial charge is 0.225 e. The number of carbonyl (C=O) groups is 1. The standard InChI is InChI=1S/C18H25NO2/c1-14-6-8-16(9-7-14)21-17-10-12-19(13-11-17)18(20)15-4-2-3-5-15/h6-9,15,17H,2-5,10-13H2,1H3. The van der Waals surface area contributed by atoms with Crippen molar-refractivity contribution in [2.24, 2.45) is 5.92 Å². The van der Waals surface area contributed by atoms with Crippen LogP contribution in [-0.4, -0.2) is 30.0 Å². The molecule has 0 unspecified atom stereocenters. The van der Waals surface area contributed by atoms with Crippen molar-refractivity contribution >= 4 is 5.91 Å². The van der Waals surface area contributed by atoms with Gasteiger partial charge >= 0.3 is 0 Å². The molecule has 0 aromatic heterocycles. The van der Waals surface area contributed by atoms with E-state index in [1.807, 2.05) is 12.1 Å². The Morgan fingerprint density at radius 3 is 2.29 bits per heavy atom. The average molecular weight is 287 g/mol. The molecule has 3 heteroatoms. The molecule has 1 aliphatic carbocycles. The molecule has 1 saturated carbocycles. The van der Waals surface area contributed by atoms with Crippen LogP contribution in [0, 0.1) is 12.8 Å². The molecule has 0 radical (unpaired) electrons. The average Bonchev–Trinajstić information content (AvgIpc) is 3.04. The van der Waals surface area contributed by atoms with Crippen molar-refractivity contribution in [3.8, 4) is 5.75 Å². The van der Waals surface area contributed by atoms with Crippen molar-refractivity contribution in [1.29, 1.82) is 0 Å². The number of nitrogens with zero attached hydrogens (tertiary/aromatic N) is 1. The summed E-state index contributed by atoms with van der Waals surface area (Å²) in [5.74, 6) is 1.64. The molecule has 21 heavy (non-hydrogen) atoms. The van der Waals surface area contributed by atoms with Crippen LogP contribution < -0.4 is 4.74 Å². The van der Waals surface area contributed by atoms with Crippen molar-refractivity contribution in [1.82, 2.24) is 4.90 Å². The van der Waals surface area contributed by atoms with E-state index >= 15 is 0 Å². The molecular formula is C18H25NO2. The van der Waals surface area contributed by atoms with Gasteiger partial charge in [-0.05, 0) is 31.9 Å². The minimum absolute atomic E-state index is 0.250. The first-order valence-electron chi connectivity index (χ1n) is 8.24. The molecule has 2 aliphatic rings. The van der Waals surface area contributed by atoms with Crippen LogP contribution in [-0.2, 0) is 4.79 Å². The monoisotopic (exact) mass is 287 g/mol. The molecule has 1 aliphatic heterocycles. The van der Waals surface area contributed by atoms with Gasteiger partial charge in [0.25, 0.3) is 0 Å². The van der Waals surface area contributed by atoms with Gasteiger partial charge in [-0.15, -0.1) is 0 Å². The van der Waals surface area contributed by atoms with Crippen LogP contribution in [0.15, 0.2) is 24.3 Å². The molecule has 1 aromatic carbocycles. The predicted octanol–water partition coefficient (Wildman–Crippen LogP) is 3.56. The first-order chi connectivity index (χ1) is 10.2. The third-order valence-corrected chi connectivity index (χ3v) is 4.78. The van der Waals surface area contributed by atoms with Gasteiger partial charge in [-0.3, -0.25) is 4.79 Å². The van der Waals surface area contributed by atoms with Gasteiger partial charge < -0.3 is 9.64 Å². The molecule has 1 saturated heterocycles. The van der Waals surface area contributed by atoms with E-state index in [1.54, 1.807) is 0 Å². The Morgan fingerprint density at radius 1 is 1.05 bits per heavy atom. The van der Waals surface area contributed by atoms with Crippen LogP contribution in [0.2, 0.25) is 0 Å². The van der Waals surface area contributed by atoms with E-state index in [9.17, 15) is 4.79 Å². The zero-order valence-electron chi connectivity index (χ0n) is 12.9. The SMILES string of the molecule is Cc1ccc(OC2CCN(C(=O)C3CCCC3)CC2)cc1. The summed E-state index contributed by atoms with van der Waals surface area (Å²) >= 11 is 0. The number of ether oxygens (including phenoxy) is 1. The molecule has 1 aromatic rings. The summed E-state index contributed by atoms with van der Waals surface area (Å²) in [7, 11) is 0. The first kappa shape index (κ1) is 14.4. The van der Waals surface area contributed by atoms with Crippen molar-refractivity contribution in [2.45, 2.75) is 51.6 Å². The molecule has 0 atom stereocenters. The van der Waals surface area contributed by atoms with Gasteiger partial charge in [-0.25, -0.2) is 0 Å². The van der Waals surface area contributed by atoms with Crippen LogP contribution in [0.25, 0.3) is 0 Å². The third kappa shape index (κ3) is 3.58. The van der Waals surface area contributed by atoms with E-state index in [0.717, 1.165) is 44.5 Å². The van der Waals surface area contributed by atoms with E-state index in [-0.39, 0.29) is 6.10 Å². The number of hydrogen-bond acceptors (Lipinski definition) is 2. The van der Waals surface area contributed by atoms with Gasteiger partial charge in [-0.1, -0.05) is 30.5 Å². The summed E-state index contributed by atoms with van der Waals surface area (Å²) in [4.78, 5) is 14.4. The van der Waals surface area contributed by atoms with Gasteiger partial charge in [0.2, 0.25) is 5.91 Å². The highest BCUT2D eigenvalue weighted by Crippen LogP contribution is 2.28. The molecule has 3 rings (SSSR count). The molecule has 0 bridgehead atoms. The summed E-state index contributed by atoms with van der Waals surface area (Å²) in [5, 5.41) is 0. The van der Waals surface area contributed by atoms with Crippen LogP contribution in [0.4, 0.5) is 0 Å². The number of aryl methyl sites for hydroxylation is 1. The quantitative estimate of drug-likeness (QED) is 0.851. The number of rotatable bonds is 3. The Hall–Kier alpha value is -1.51. The molecule has 3 nitrogen and oxygen atoms in total. The maximum atomic E-state index is 12.4. The van der Waals surface area contributed by atoms with E-state index in [0.29, 0.717) is 11.8 Å². The third-order valence-electron chi connectivity index (χ3n) is 4.78. The lowest BCUT2D eigenvalue weighted by molar-refractivity contribution is -0.137. The Morgan fingerprint density at radius 2 is 1.67 bits per heavy atom. The van der Waals surface area contributed by atoms with Crippen LogP contribution in [0.3, 0.4) is 0 Å². The van der Waals surface area contributed by atoms with E-state index < -0.39 is 0 Å². The number of carbonyl (C=O) groups excluding carboxylic acids is 1. The maximum absolute atomic E-state index is 12.4. The first-order valence-corrected chi connectivity index (χ1v) is 8.24. The molecule has 2 fully saturated rings. The Kier molecular flexibility index (Phi) is 4.47. The van der Waals surface area contributed by atoms with Gasteiger partial charge in [-0.2, -0.15) is 0 Å². The lowest BCUT2D eigenvalue weighted by Gasteiger charge is -2.33. The highest BCUT2D eigenvalue weighted by molar-refractivity contribution is 5.79. The van der Waals surface area contributed by atoms with Crippen LogP contribution in [0.1, 0.15) is 44.1 Å². The fourth-order valence-corrected chi connectivity index (χ4v) is 3.43. The normalized spacial score (nSPS) is 20.7. The molecule has 0 N–H and O–H groups in total. The number of piperidine rings is 1. The van der Waals surface area contributed by atoms with Gasteiger partial charge in [0.05, 0.1) is 0 Å². The minimum Gasteiger partial charge on any atom is -0.490 e. The Balaban J connectivity index is 1.48. The van der Waals surface area contributed by atoms with Crippen molar-refractivity contribution in [2.75, 3.05) is 13.1 Å². The van der Waals surface area contributed by atoms with E-state index in [2.05, 4.69) is 24.0 Å². The van der Waals surface area contributed by atoms with Gasteiger partial charge in [0.1, 0.15) is 11.9 Å². The Labute approximate surface area is 127 Å². The fourth-order valence-electron chi connectivity index (χ4n) is 3.43. The molecule has 0 spiro atoms. The molecule has 1 amide bonds. The summed E-state index contributed by atoms with van der Waals surface area (Å²) < 4.78 is 6.03. The van der Waals surface area contributed by atoms with Crippen molar-refractivity contribution in [3.63, 3.8) is 0 Å².